The van der Waals surface area contributed by atoms with Crippen LogP contribution in [0.5, 0.6) is 11.5 Å². The topological polar surface area (TPSA) is 47.6 Å². The first kappa shape index (κ1) is 15.5. The average molecular weight is 265 g/mol. The van der Waals surface area contributed by atoms with E-state index in [-0.39, 0.29) is 17.7 Å². The molecular formula is C15H23NO3. The van der Waals surface area contributed by atoms with Gasteiger partial charge in [0.25, 0.3) is 0 Å². The predicted molar refractivity (Wildman–Crippen MR) is 76.3 cm³/mol. The van der Waals surface area contributed by atoms with E-state index in [4.69, 9.17) is 9.47 Å². The predicted octanol–water partition coefficient (Wildman–Crippen LogP) is 2.44. The molecule has 19 heavy (non-hydrogen) atoms. The normalized spacial score (nSPS) is 12.4. The van der Waals surface area contributed by atoms with Crippen LogP contribution in [-0.2, 0) is 0 Å². The summed E-state index contributed by atoms with van der Waals surface area (Å²) in [5.41, 5.74) is 1.48. The Hall–Kier alpha value is -1.55. The van der Waals surface area contributed by atoms with E-state index >= 15 is 0 Å². The molecule has 0 heterocycles. The molecule has 0 bridgehead atoms. The zero-order valence-corrected chi connectivity index (χ0v) is 12.5. The van der Waals surface area contributed by atoms with E-state index in [1.807, 2.05) is 26.8 Å². The molecule has 1 aromatic rings. The molecular weight excluding hydrogens is 242 g/mol. The summed E-state index contributed by atoms with van der Waals surface area (Å²) in [7, 11) is 4.96. The molecule has 1 rings (SSSR count). The highest BCUT2D eigenvalue weighted by Gasteiger charge is 2.26. The number of nitrogens with one attached hydrogen (secondary N) is 1. The second kappa shape index (κ2) is 6.57. The van der Waals surface area contributed by atoms with Gasteiger partial charge in [-0.1, -0.05) is 13.8 Å². The fourth-order valence-electron chi connectivity index (χ4n) is 2.24. The van der Waals surface area contributed by atoms with E-state index < -0.39 is 0 Å². The Morgan fingerprint density at radius 3 is 2.26 bits per heavy atom. The standard InChI is InChI=1S/C15H23NO3/c1-9(2)14(16-4)15(17)13-10(3)7-11(18-5)8-12(13)19-6/h7-9,14,16H,1-6H3. The van der Waals surface area contributed by atoms with Gasteiger partial charge in [-0.15, -0.1) is 0 Å². The third-order valence-corrected chi connectivity index (χ3v) is 3.24. The van der Waals surface area contributed by atoms with Gasteiger partial charge >= 0.3 is 0 Å². The number of carbonyl (C=O) groups excluding carboxylic acids is 1. The van der Waals surface area contributed by atoms with Crippen LogP contribution in [0.15, 0.2) is 12.1 Å². The maximum atomic E-state index is 12.6. The number of methoxy groups -OCH3 is 2. The zero-order chi connectivity index (χ0) is 14.6. The second-order valence-corrected chi connectivity index (χ2v) is 4.90. The lowest BCUT2D eigenvalue weighted by molar-refractivity contribution is 0.0918. The number of likely N-dealkylation sites (N-methyl/N-ethyl adjacent to an activating group) is 1. The van der Waals surface area contributed by atoms with E-state index in [0.717, 1.165) is 5.56 Å². The largest absolute Gasteiger partial charge is 0.497 e. The second-order valence-electron chi connectivity index (χ2n) is 4.90. The molecule has 0 aliphatic rings. The Labute approximate surface area is 115 Å². The van der Waals surface area contributed by atoms with Crippen molar-refractivity contribution in [2.75, 3.05) is 21.3 Å². The third-order valence-electron chi connectivity index (χ3n) is 3.24. The number of aryl methyl sites for hydroxylation is 1. The van der Waals surface area contributed by atoms with Crippen molar-refractivity contribution in [3.8, 4) is 11.5 Å². The van der Waals surface area contributed by atoms with Crippen LogP contribution in [0, 0.1) is 12.8 Å². The number of Topliss-reactive ketones (excluding diaryl/α,β-unsaturated/α-hetero) is 1. The molecule has 0 amide bonds. The highest BCUT2D eigenvalue weighted by molar-refractivity contribution is 6.04. The minimum absolute atomic E-state index is 0.0505. The number of hydrogen-bond donors (Lipinski definition) is 1. The Balaban J connectivity index is 3.29. The van der Waals surface area contributed by atoms with Crippen molar-refractivity contribution in [3.63, 3.8) is 0 Å². The molecule has 0 saturated heterocycles. The lowest BCUT2D eigenvalue weighted by Gasteiger charge is -2.21. The summed E-state index contributed by atoms with van der Waals surface area (Å²) in [6.07, 6.45) is 0. The molecule has 1 N–H and O–H groups in total. The van der Waals surface area contributed by atoms with Crippen LogP contribution < -0.4 is 14.8 Å². The molecule has 1 atom stereocenters. The maximum absolute atomic E-state index is 12.6. The molecule has 0 aliphatic heterocycles. The number of ketones is 1. The molecule has 0 fully saturated rings. The van der Waals surface area contributed by atoms with Crippen LogP contribution in [0.2, 0.25) is 0 Å². The maximum Gasteiger partial charge on any atom is 0.183 e. The lowest BCUT2D eigenvalue weighted by Crippen LogP contribution is -2.39. The van der Waals surface area contributed by atoms with Gasteiger partial charge in [0.15, 0.2) is 5.78 Å². The van der Waals surface area contributed by atoms with Gasteiger partial charge in [-0.2, -0.15) is 0 Å². The quantitative estimate of drug-likeness (QED) is 0.803. The molecule has 1 unspecified atom stereocenters. The number of hydrogen-bond acceptors (Lipinski definition) is 4. The van der Waals surface area contributed by atoms with Crippen molar-refractivity contribution in [1.29, 1.82) is 0 Å². The smallest absolute Gasteiger partial charge is 0.183 e. The van der Waals surface area contributed by atoms with E-state index in [2.05, 4.69) is 5.32 Å². The zero-order valence-electron chi connectivity index (χ0n) is 12.5. The summed E-state index contributed by atoms with van der Waals surface area (Å²) in [5.74, 6) is 1.51. The van der Waals surface area contributed by atoms with Gasteiger partial charge in [-0.05, 0) is 31.5 Å². The molecule has 4 nitrogen and oxygen atoms in total. The van der Waals surface area contributed by atoms with Gasteiger partial charge in [-0.3, -0.25) is 4.79 Å². The van der Waals surface area contributed by atoms with E-state index in [1.54, 1.807) is 27.3 Å². The number of carbonyl (C=O) groups is 1. The fraction of sp³-hybridized carbons (Fsp3) is 0.533. The van der Waals surface area contributed by atoms with Gasteiger partial charge in [0.2, 0.25) is 0 Å². The van der Waals surface area contributed by atoms with Crippen molar-refractivity contribution in [3.05, 3.63) is 23.3 Å². The van der Waals surface area contributed by atoms with Gasteiger partial charge in [0.1, 0.15) is 11.5 Å². The highest BCUT2D eigenvalue weighted by Crippen LogP contribution is 2.30. The Bertz CT molecular complexity index is 455. The molecule has 4 heteroatoms. The van der Waals surface area contributed by atoms with Crippen molar-refractivity contribution in [1.82, 2.24) is 5.32 Å². The van der Waals surface area contributed by atoms with Crippen LogP contribution in [0.25, 0.3) is 0 Å². The summed E-state index contributed by atoms with van der Waals surface area (Å²) in [6, 6.07) is 3.37. The Kier molecular flexibility index (Phi) is 5.36. The molecule has 0 spiro atoms. The Morgan fingerprint density at radius 1 is 1.21 bits per heavy atom. The number of rotatable bonds is 6. The first-order chi connectivity index (χ1) is 8.96. The van der Waals surface area contributed by atoms with Crippen molar-refractivity contribution in [2.24, 2.45) is 5.92 Å². The van der Waals surface area contributed by atoms with Crippen LogP contribution >= 0.6 is 0 Å². The summed E-state index contributed by atoms with van der Waals surface area (Å²) in [6.45, 7) is 5.93. The van der Waals surface area contributed by atoms with Crippen LogP contribution in [0.1, 0.15) is 29.8 Å². The highest BCUT2D eigenvalue weighted by atomic mass is 16.5. The fourth-order valence-corrected chi connectivity index (χ4v) is 2.24. The van der Waals surface area contributed by atoms with Gasteiger partial charge in [-0.25, -0.2) is 0 Å². The van der Waals surface area contributed by atoms with Crippen molar-refractivity contribution < 1.29 is 14.3 Å². The molecule has 1 aromatic carbocycles. The number of benzene rings is 1. The van der Waals surface area contributed by atoms with E-state index in [0.29, 0.717) is 17.1 Å². The van der Waals surface area contributed by atoms with Crippen LogP contribution in [-0.4, -0.2) is 33.1 Å². The van der Waals surface area contributed by atoms with Gasteiger partial charge in [0.05, 0.1) is 25.8 Å². The SMILES string of the molecule is CNC(C(=O)c1c(C)cc(OC)cc1OC)C(C)C. The van der Waals surface area contributed by atoms with E-state index in [1.165, 1.54) is 0 Å². The van der Waals surface area contributed by atoms with Gasteiger partial charge in [0, 0.05) is 6.07 Å². The van der Waals surface area contributed by atoms with E-state index in [9.17, 15) is 4.79 Å². The summed E-state index contributed by atoms with van der Waals surface area (Å²) in [5, 5.41) is 3.07. The van der Waals surface area contributed by atoms with Crippen molar-refractivity contribution in [2.45, 2.75) is 26.8 Å². The molecule has 0 aliphatic carbocycles. The lowest BCUT2D eigenvalue weighted by atomic mass is 9.92. The average Bonchev–Trinajstić information content (AvgIpc) is 2.37. The monoisotopic (exact) mass is 265 g/mol. The third kappa shape index (κ3) is 3.26. The molecule has 0 aromatic heterocycles. The first-order valence-corrected chi connectivity index (χ1v) is 6.40. The summed E-state index contributed by atoms with van der Waals surface area (Å²) < 4.78 is 10.5. The molecule has 0 saturated carbocycles. The van der Waals surface area contributed by atoms with Crippen LogP contribution in [0.3, 0.4) is 0 Å². The number of ether oxygens (including phenoxy) is 2. The van der Waals surface area contributed by atoms with Crippen molar-refractivity contribution >= 4 is 5.78 Å². The minimum Gasteiger partial charge on any atom is -0.497 e. The molecule has 106 valence electrons. The minimum atomic E-state index is -0.221. The first-order valence-electron chi connectivity index (χ1n) is 6.40. The summed E-state index contributed by atoms with van der Waals surface area (Å²) >= 11 is 0. The van der Waals surface area contributed by atoms with Gasteiger partial charge < -0.3 is 14.8 Å². The summed E-state index contributed by atoms with van der Waals surface area (Å²) in [4.78, 5) is 12.6. The van der Waals surface area contributed by atoms with Crippen LogP contribution in [0.4, 0.5) is 0 Å². The Morgan fingerprint density at radius 2 is 1.84 bits per heavy atom. The molecule has 0 radical (unpaired) electrons.